The molecule has 1 saturated heterocycles. The average molecular weight is 127 g/mol. The average Bonchev–Trinajstić information content (AvgIpc) is 1.80. The van der Waals surface area contributed by atoms with Gasteiger partial charge in [-0.25, -0.2) is 0 Å². The second-order valence-electron chi connectivity index (χ2n) is 3.51. The van der Waals surface area contributed by atoms with Crippen LogP contribution < -0.4 is 0 Å². The fourth-order valence-corrected chi connectivity index (χ4v) is 1.47. The minimum absolute atomic E-state index is 0.906. The van der Waals surface area contributed by atoms with Crippen LogP contribution in [0.15, 0.2) is 0 Å². The fourth-order valence-electron chi connectivity index (χ4n) is 1.47. The molecule has 0 aromatic carbocycles. The van der Waals surface area contributed by atoms with Crippen molar-refractivity contribution in [1.29, 1.82) is 0 Å². The summed E-state index contributed by atoms with van der Waals surface area (Å²) in [6.07, 6.45) is 1.39. The van der Waals surface area contributed by atoms with E-state index in [1.165, 1.54) is 19.5 Å². The van der Waals surface area contributed by atoms with Gasteiger partial charge in [0.15, 0.2) is 0 Å². The summed E-state index contributed by atoms with van der Waals surface area (Å²) in [7, 11) is 2.21. The normalized spacial score (nSPS) is 39.0. The Kier molecular flexibility index (Phi) is 2.12. The van der Waals surface area contributed by atoms with E-state index >= 15 is 0 Å². The number of likely N-dealkylation sites (tertiary alicyclic amines) is 1. The van der Waals surface area contributed by atoms with Gasteiger partial charge in [0.1, 0.15) is 0 Å². The Labute approximate surface area is 58.0 Å². The third-order valence-corrected chi connectivity index (χ3v) is 2.54. The predicted molar refractivity (Wildman–Crippen MR) is 40.4 cm³/mol. The van der Waals surface area contributed by atoms with Crippen LogP contribution in [0.2, 0.25) is 0 Å². The largest absolute Gasteiger partial charge is 0.306 e. The molecule has 0 aromatic heterocycles. The van der Waals surface area contributed by atoms with Gasteiger partial charge < -0.3 is 4.90 Å². The Hall–Kier alpha value is -0.0400. The van der Waals surface area contributed by atoms with Gasteiger partial charge in [0.25, 0.3) is 0 Å². The number of hydrogen-bond donors (Lipinski definition) is 0. The number of piperidine rings is 1. The minimum atomic E-state index is 0.906. The van der Waals surface area contributed by atoms with Crippen molar-refractivity contribution in [3.05, 3.63) is 0 Å². The van der Waals surface area contributed by atoms with Crippen LogP contribution in [-0.2, 0) is 0 Å². The van der Waals surface area contributed by atoms with Gasteiger partial charge in [0, 0.05) is 6.54 Å². The van der Waals surface area contributed by atoms with Gasteiger partial charge in [-0.15, -0.1) is 0 Å². The van der Waals surface area contributed by atoms with Gasteiger partial charge in [0.2, 0.25) is 0 Å². The Bertz CT molecular complexity index is 90.6. The highest BCUT2D eigenvalue weighted by atomic mass is 15.1. The van der Waals surface area contributed by atoms with Crippen molar-refractivity contribution in [3.63, 3.8) is 0 Å². The third kappa shape index (κ3) is 1.68. The monoisotopic (exact) mass is 127 g/mol. The number of nitrogens with zero attached hydrogens (tertiary/aromatic N) is 1. The van der Waals surface area contributed by atoms with Crippen LogP contribution in [0.25, 0.3) is 0 Å². The highest BCUT2D eigenvalue weighted by molar-refractivity contribution is 4.72. The van der Waals surface area contributed by atoms with Crippen molar-refractivity contribution in [2.75, 3.05) is 20.1 Å². The summed E-state index contributed by atoms with van der Waals surface area (Å²) in [4.78, 5) is 2.42. The van der Waals surface area contributed by atoms with Crippen molar-refractivity contribution in [2.45, 2.75) is 20.3 Å². The summed E-state index contributed by atoms with van der Waals surface area (Å²) in [6, 6.07) is 0. The molecule has 1 aliphatic rings. The van der Waals surface area contributed by atoms with E-state index in [1.54, 1.807) is 0 Å². The molecule has 54 valence electrons. The van der Waals surface area contributed by atoms with Gasteiger partial charge in [-0.1, -0.05) is 13.8 Å². The van der Waals surface area contributed by atoms with Crippen molar-refractivity contribution in [3.8, 4) is 0 Å². The van der Waals surface area contributed by atoms with Crippen molar-refractivity contribution >= 4 is 0 Å². The molecule has 0 aromatic rings. The maximum Gasteiger partial charge on any atom is 0.000652 e. The van der Waals surface area contributed by atoms with Gasteiger partial charge in [-0.3, -0.25) is 0 Å². The molecule has 1 fully saturated rings. The Morgan fingerprint density at radius 1 is 1.22 bits per heavy atom. The zero-order chi connectivity index (χ0) is 6.85. The van der Waals surface area contributed by atoms with Crippen LogP contribution in [0, 0.1) is 11.8 Å². The van der Waals surface area contributed by atoms with Crippen LogP contribution in [0.3, 0.4) is 0 Å². The molecule has 1 rings (SSSR count). The molecule has 1 aliphatic heterocycles. The van der Waals surface area contributed by atoms with Gasteiger partial charge >= 0.3 is 0 Å². The van der Waals surface area contributed by atoms with E-state index in [2.05, 4.69) is 25.8 Å². The SMILES string of the molecule is C[C@H]1CCN(C)C[C@@H]1C. The molecule has 0 radical (unpaired) electrons. The highest BCUT2D eigenvalue weighted by Gasteiger charge is 2.19. The summed E-state index contributed by atoms with van der Waals surface area (Å²) in [5.74, 6) is 1.85. The third-order valence-electron chi connectivity index (χ3n) is 2.54. The van der Waals surface area contributed by atoms with E-state index in [-0.39, 0.29) is 0 Å². The van der Waals surface area contributed by atoms with Crippen LogP contribution in [0.1, 0.15) is 20.3 Å². The Morgan fingerprint density at radius 2 is 1.89 bits per heavy atom. The number of rotatable bonds is 0. The van der Waals surface area contributed by atoms with E-state index in [1.807, 2.05) is 0 Å². The molecule has 1 nitrogen and oxygen atoms in total. The Balaban J connectivity index is 2.35. The zero-order valence-corrected chi connectivity index (χ0v) is 6.72. The van der Waals surface area contributed by atoms with Crippen LogP contribution in [0.4, 0.5) is 0 Å². The van der Waals surface area contributed by atoms with E-state index < -0.39 is 0 Å². The lowest BCUT2D eigenvalue weighted by molar-refractivity contribution is 0.166. The molecule has 0 spiro atoms. The first-order valence-electron chi connectivity index (χ1n) is 3.88. The predicted octanol–water partition coefficient (Wildman–Crippen LogP) is 1.59. The van der Waals surface area contributed by atoms with Crippen molar-refractivity contribution in [2.24, 2.45) is 11.8 Å². The van der Waals surface area contributed by atoms with E-state index in [0.29, 0.717) is 0 Å². The molecule has 1 heteroatoms. The lowest BCUT2D eigenvalue weighted by Gasteiger charge is -2.32. The molecule has 0 saturated carbocycles. The molecule has 2 atom stereocenters. The first-order valence-corrected chi connectivity index (χ1v) is 3.88. The standard InChI is InChI=1S/C8H17N/c1-7-4-5-9(3)6-8(7)2/h7-8H,4-6H2,1-3H3/t7-,8-/m0/s1. The molecular formula is C8H17N. The molecular weight excluding hydrogens is 110 g/mol. The first-order chi connectivity index (χ1) is 4.20. The van der Waals surface area contributed by atoms with E-state index in [4.69, 9.17) is 0 Å². The molecule has 0 unspecified atom stereocenters. The highest BCUT2D eigenvalue weighted by Crippen LogP contribution is 2.20. The van der Waals surface area contributed by atoms with Gasteiger partial charge in [0.05, 0.1) is 0 Å². The van der Waals surface area contributed by atoms with Crippen molar-refractivity contribution in [1.82, 2.24) is 4.90 Å². The van der Waals surface area contributed by atoms with Crippen LogP contribution in [-0.4, -0.2) is 25.0 Å². The second kappa shape index (κ2) is 2.70. The van der Waals surface area contributed by atoms with Gasteiger partial charge in [-0.2, -0.15) is 0 Å². The van der Waals surface area contributed by atoms with E-state index in [9.17, 15) is 0 Å². The molecule has 0 bridgehead atoms. The minimum Gasteiger partial charge on any atom is -0.306 e. The molecule has 1 heterocycles. The van der Waals surface area contributed by atoms with Crippen molar-refractivity contribution < 1.29 is 0 Å². The first kappa shape index (κ1) is 7.07. The molecule has 0 amide bonds. The summed E-state index contributed by atoms with van der Waals surface area (Å²) in [6.45, 7) is 7.30. The summed E-state index contributed by atoms with van der Waals surface area (Å²) in [5, 5.41) is 0. The second-order valence-corrected chi connectivity index (χ2v) is 3.51. The lowest BCUT2D eigenvalue weighted by Crippen LogP contribution is -2.35. The molecule has 9 heavy (non-hydrogen) atoms. The number of hydrogen-bond acceptors (Lipinski definition) is 1. The van der Waals surface area contributed by atoms with E-state index in [0.717, 1.165) is 11.8 Å². The fraction of sp³-hybridized carbons (Fsp3) is 1.00. The quantitative estimate of drug-likeness (QED) is 0.477. The summed E-state index contributed by atoms with van der Waals surface area (Å²) < 4.78 is 0. The lowest BCUT2D eigenvalue weighted by atomic mass is 9.89. The summed E-state index contributed by atoms with van der Waals surface area (Å²) in [5.41, 5.74) is 0. The van der Waals surface area contributed by atoms with Gasteiger partial charge in [-0.05, 0) is 31.8 Å². The maximum absolute atomic E-state index is 2.42. The zero-order valence-electron chi connectivity index (χ0n) is 6.72. The van der Waals surface area contributed by atoms with Crippen LogP contribution >= 0.6 is 0 Å². The smallest absolute Gasteiger partial charge is 0.000652 e. The maximum atomic E-state index is 2.42. The topological polar surface area (TPSA) is 3.24 Å². The van der Waals surface area contributed by atoms with Crippen LogP contribution in [0.5, 0.6) is 0 Å². The summed E-state index contributed by atoms with van der Waals surface area (Å²) >= 11 is 0. The Morgan fingerprint density at radius 3 is 2.33 bits per heavy atom. The molecule has 0 aliphatic carbocycles. The molecule has 0 N–H and O–H groups in total.